The Labute approximate surface area is 111 Å². The van der Waals surface area contributed by atoms with Crippen LogP contribution in [0.5, 0.6) is 0 Å². The van der Waals surface area contributed by atoms with Crippen LogP contribution in [0.15, 0.2) is 18.2 Å². The predicted octanol–water partition coefficient (Wildman–Crippen LogP) is 3.00. The molecule has 0 unspecified atom stereocenters. The highest BCUT2D eigenvalue weighted by atomic mass is 15.1. The average Bonchev–Trinajstić information content (AvgIpc) is 2.38. The lowest BCUT2D eigenvalue weighted by Gasteiger charge is -2.31. The van der Waals surface area contributed by atoms with Crippen molar-refractivity contribution in [3.05, 3.63) is 29.3 Å². The Morgan fingerprint density at radius 3 is 2.39 bits per heavy atom. The first kappa shape index (κ1) is 13.4. The van der Waals surface area contributed by atoms with Gasteiger partial charge in [0, 0.05) is 25.3 Å². The van der Waals surface area contributed by atoms with Gasteiger partial charge in [-0.1, -0.05) is 32.0 Å². The number of nitrogens with zero attached hydrogens (tertiary/aromatic N) is 1. The van der Waals surface area contributed by atoms with E-state index in [1.807, 2.05) is 0 Å². The summed E-state index contributed by atoms with van der Waals surface area (Å²) in [5, 5.41) is 3.52. The lowest BCUT2D eigenvalue weighted by molar-refractivity contribution is 0.565. The summed E-state index contributed by atoms with van der Waals surface area (Å²) in [5.74, 6) is 0. The van der Waals surface area contributed by atoms with Gasteiger partial charge in [-0.05, 0) is 43.4 Å². The molecule has 18 heavy (non-hydrogen) atoms. The second-order valence-corrected chi connectivity index (χ2v) is 5.08. The number of hydrogen-bond acceptors (Lipinski definition) is 2. The van der Waals surface area contributed by atoms with Gasteiger partial charge in [-0.15, -0.1) is 0 Å². The van der Waals surface area contributed by atoms with Crippen LogP contribution >= 0.6 is 0 Å². The van der Waals surface area contributed by atoms with Crippen LogP contribution in [-0.2, 0) is 12.8 Å². The third-order valence-corrected chi connectivity index (χ3v) is 3.87. The molecular weight excluding hydrogens is 220 g/mol. The topological polar surface area (TPSA) is 15.3 Å². The Hall–Kier alpha value is -1.02. The lowest BCUT2D eigenvalue weighted by atomic mass is 10.0. The minimum Gasteiger partial charge on any atom is -0.370 e. The van der Waals surface area contributed by atoms with E-state index in [2.05, 4.69) is 42.3 Å². The number of para-hydroxylation sites is 1. The summed E-state index contributed by atoms with van der Waals surface area (Å²) in [6, 6.07) is 6.80. The van der Waals surface area contributed by atoms with Crippen molar-refractivity contribution in [1.82, 2.24) is 5.32 Å². The van der Waals surface area contributed by atoms with Crippen molar-refractivity contribution in [2.45, 2.75) is 39.5 Å². The fourth-order valence-electron chi connectivity index (χ4n) is 2.85. The van der Waals surface area contributed by atoms with E-state index in [-0.39, 0.29) is 0 Å². The standard InChI is InChI=1S/C16H26N2/c1-3-14-8-7-9-15(4-2)16(14)18-12-6-5-10-17-11-13-18/h7-9,17H,3-6,10-13H2,1-2H3. The van der Waals surface area contributed by atoms with Crippen molar-refractivity contribution < 1.29 is 0 Å². The molecule has 0 aromatic heterocycles. The molecule has 2 heteroatoms. The molecule has 100 valence electrons. The zero-order valence-electron chi connectivity index (χ0n) is 11.8. The van der Waals surface area contributed by atoms with Gasteiger partial charge in [-0.2, -0.15) is 0 Å². The molecule has 1 aliphatic heterocycles. The van der Waals surface area contributed by atoms with Crippen molar-refractivity contribution in [2.24, 2.45) is 0 Å². The highest BCUT2D eigenvalue weighted by Crippen LogP contribution is 2.27. The third-order valence-electron chi connectivity index (χ3n) is 3.87. The van der Waals surface area contributed by atoms with Crippen LogP contribution in [0, 0.1) is 0 Å². The van der Waals surface area contributed by atoms with Gasteiger partial charge >= 0.3 is 0 Å². The first-order valence-corrected chi connectivity index (χ1v) is 7.43. The summed E-state index contributed by atoms with van der Waals surface area (Å²) in [4.78, 5) is 2.60. The number of anilines is 1. The highest BCUT2D eigenvalue weighted by molar-refractivity contribution is 5.60. The third kappa shape index (κ3) is 3.05. The van der Waals surface area contributed by atoms with Crippen molar-refractivity contribution in [2.75, 3.05) is 31.1 Å². The normalized spacial score (nSPS) is 17.3. The Kier molecular flexibility index (Phi) is 5.06. The number of nitrogens with one attached hydrogen (secondary N) is 1. The van der Waals surface area contributed by atoms with Gasteiger partial charge < -0.3 is 10.2 Å². The van der Waals surface area contributed by atoms with Crippen LogP contribution in [0.2, 0.25) is 0 Å². The molecular formula is C16H26N2. The molecule has 0 radical (unpaired) electrons. The van der Waals surface area contributed by atoms with Crippen LogP contribution in [0.4, 0.5) is 5.69 Å². The highest BCUT2D eigenvalue weighted by Gasteiger charge is 2.14. The van der Waals surface area contributed by atoms with Crippen molar-refractivity contribution in [3.8, 4) is 0 Å². The fraction of sp³-hybridized carbons (Fsp3) is 0.625. The number of benzene rings is 1. The lowest BCUT2D eigenvalue weighted by Crippen LogP contribution is -2.37. The molecule has 1 aliphatic rings. The molecule has 0 spiro atoms. The monoisotopic (exact) mass is 246 g/mol. The van der Waals surface area contributed by atoms with Crippen LogP contribution in [0.3, 0.4) is 0 Å². The zero-order chi connectivity index (χ0) is 12.8. The van der Waals surface area contributed by atoms with E-state index in [1.165, 1.54) is 42.7 Å². The van der Waals surface area contributed by atoms with Gasteiger partial charge in [-0.3, -0.25) is 0 Å². The number of rotatable bonds is 3. The minimum absolute atomic E-state index is 1.11. The van der Waals surface area contributed by atoms with Crippen LogP contribution in [0.1, 0.15) is 37.8 Å². The Balaban J connectivity index is 2.28. The number of aryl methyl sites for hydroxylation is 2. The van der Waals surface area contributed by atoms with Crippen molar-refractivity contribution in [3.63, 3.8) is 0 Å². The van der Waals surface area contributed by atoms with E-state index < -0.39 is 0 Å². The second kappa shape index (κ2) is 6.79. The molecule has 0 atom stereocenters. The first-order valence-electron chi connectivity index (χ1n) is 7.43. The van der Waals surface area contributed by atoms with Crippen LogP contribution < -0.4 is 10.2 Å². The molecule has 1 aromatic rings. The summed E-state index contributed by atoms with van der Waals surface area (Å²) in [5.41, 5.74) is 4.54. The maximum Gasteiger partial charge on any atom is 0.0431 e. The zero-order valence-corrected chi connectivity index (χ0v) is 11.8. The van der Waals surface area contributed by atoms with Gasteiger partial charge in [0.2, 0.25) is 0 Å². The molecule has 0 bridgehead atoms. The van der Waals surface area contributed by atoms with Crippen LogP contribution in [0.25, 0.3) is 0 Å². The maximum atomic E-state index is 3.52. The van der Waals surface area contributed by atoms with Crippen LogP contribution in [-0.4, -0.2) is 26.2 Å². The first-order chi connectivity index (χ1) is 8.86. The van der Waals surface area contributed by atoms with E-state index in [9.17, 15) is 0 Å². The summed E-state index contributed by atoms with van der Waals surface area (Å²) >= 11 is 0. The Morgan fingerprint density at radius 2 is 1.72 bits per heavy atom. The summed E-state index contributed by atoms with van der Waals surface area (Å²) < 4.78 is 0. The molecule has 0 aliphatic carbocycles. The SMILES string of the molecule is CCc1cccc(CC)c1N1CCCCNCC1. The quantitative estimate of drug-likeness (QED) is 0.882. The van der Waals surface area contributed by atoms with Gasteiger partial charge in [0.15, 0.2) is 0 Å². The summed E-state index contributed by atoms with van der Waals surface area (Å²) in [6.45, 7) is 9.18. The molecule has 1 aromatic carbocycles. The van der Waals surface area contributed by atoms with Crippen molar-refractivity contribution >= 4 is 5.69 Å². The van der Waals surface area contributed by atoms with E-state index in [4.69, 9.17) is 0 Å². The van der Waals surface area contributed by atoms with Gasteiger partial charge in [-0.25, -0.2) is 0 Å². The van der Waals surface area contributed by atoms with Crippen molar-refractivity contribution in [1.29, 1.82) is 0 Å². The molecule has 0 saturated carbocycles. The van der Waals surface area contributed by atoms with Gasteiger partial charge in [0.1, 0.15) is 0 Å². The smallest absolute Gasteiger partial charge is 0.0431 e. The molecule has 1 heterocycles. The molecule has 1 fully saturated rings. The molecule has 1 N–H and O–H groups in total. The van der Waals surface area contributed by atoms with E-state index in [0.29, 0.717) is 0 Å². The van der Waals surface area contributed by atoms with E-state index in [0.717, 1.165) is 25.9 Å². The maximum absolute atomic E-state index is 3.52. The molecule has 2 nitrogen and oxygen atoms in total. The largest absolute Gasteiger partial charge is 0.370 e. The molecule has 0 amide bonds. The van der Waals surface area contributed by atoms with Gasteiger partial charge in [0.25, 0.3) is 0 Å². The fourth-order valence-corrected chi connectivity index (χ4v) is 2.85. The minimum atomic E-state index is 1.11. The summed E-state index contributed by atoms with van der Waals surface area (Å²) in [7, 11) is 0. The Bertz CT molecular complexity index is 343. The predicted molar refractivity (Wildman–Crippen MR) is 79.5 cm³/mol. The summed E-state index contributed by atoms with van der Waals surface area (Å²) in [6.07, 6.45) is 4.86. The van der Waals surface area contributed by atoms with E-state index in [1.54, 1.807) is 0 Å². The molecule has 2 rings (SSSR count). The number of hydrogen-bond donors (Lipinski definition) is 1. The average molecular weight is 246 g/mol. The van der Waals surface area contributed by atoms with Gasteiger partial charge in [0.05, 0.1) is 0 Å². The Morgan fingerprint density at radius 1 is 1.00 bits per heavy atom. The second-order valence-electron chi connectivity index (χ2n) is 5.08. The molecule has 1 saturated heterocycles. The van der Waals surface area contributed by atoms with E-state index >= 15 is 0 Å².